The summed E-state index contributed by atoms with van der Waals surface area (Å²) in [6.07, 6.45) is 2.79. The molecule has 98 valence electrons. The first kappa shape index (κ1) is 12.7. The molecule has 5 nitrogen and oxygen atoms in total. The van der Waals surface area contributed by atoms with Gasteiger partial charge in [-0.05, 0) is 6.42 Å². The largest absolute Gasteiger partial charge is 0.469 e. The maximum Gasteiger partial charge on any atom is 0.312 e. The van der Waals surface area contributed by atoms with Crippen molar-refractivity contribution in [3.63, 3.8) is 0 Å². The second-order valence-corrected chi connectivity index (χ2v) is 4.33. The van der Waals surface area contributed by atoms with Gasteiger partial charge in [-0.3, -0.25) is 4.79 Å². The van der Waals surface area contributed by atoms with Crippen molar-refractivity contribution < 1.29 is 13.9 Å². The lowest BCUT2D eigenvalue weighted by molar-refractivity contribution is -0.146. The Morgan fingerprint density at radius 3 is 2.89 bits per heavy atom. The molecule has 0 radical (unpaired) electrons. The molecule has 0 saturated carbocycles. The number of halogens is 1. The first-order chi connectivity index (χ1) is 8.67. The van der Waals surface area contributed by atoms with Crippen LogP contribution in [0.15, 0.2) is 6.33 Å². The Bertz CT molecular complexity index is 447. The lowest BCUT2D eigenvalue weighted by atomic mass is 10.0. The van der Waals surface area contributed by atoms with E-state index >= 15 is 0 Å². The Morgan fingerprint density at radius 1 is 1.56 bits per heavy atom. The molecule has 1 aliphatic rings. The van der Waals surface area contributed by atoms with Crippen molar-refractivity contribution in [1.82, 2.24) is 9.97 Å². The molecule has 0 amide bonds. The highest BCUT2D eigenvalue weighted by Crippen LogP contribution is 2.26. The summed E-state index contributed by atoms with van der Waals surface area (Å²) in [4.78, 5) is 20.9. The second kappa shape index (κ2) is 5.29. The average Bonchev–Trinajstić information content (AvgIpc) is 2.32. The van der Waals surface area contributed by atoms with Crippen LogP contribution in [0.1, 0.15) is 19.0 Å². The molecule has 0 N–H and O–H groups in total. The first-order valence-electron chi connectivity index (χ1n) is 5.99. The zero-order valence-corrected chi connectivity index (χ0v) is 10.5. The van der Waals surface area contributed by atoms with Crippen molar-refractivity contribution in [1.29, 1.82) is 0 Å². The SMILES string of the molecule is CCCc1ncnc(N2CC(C(=O)OC)C2)c1F. The molecule has 0 atom stereocenters. The minimum absolute atomic E-state index is 0.181. The molecule has 0 bridgehead atoms. The molecule has 0 aromatic carbocycles. The molecular formula is C12H16FN3O2. The van der Waals surface area contributed by atoms with Gasteiger partial charge in [-0.15, -0.1) is 0 Å². The van der Waals surface area contributed by atoms with Gasteiger partial charge in [0.15, 0.2) is 11.6 Å². The Labute approximate surface area is 105 Å². The van der Waals surface area contributed by atoms with Gasteiger partial charge in [0.1, 0.15) is 6.33 Å². The molecule has 2 heterocycles. The van der Waals surface area contributed by atoms with Crippen molar-refractivity contribution >= 4 is 11.8 Å². The highest BCUT2D eigenvalue weighted by molar-refractivity contribution is 5.76. The predicted molar refractivity (Wildman–Crippen MR) is 63.7 cm³/mol. The molecule has 1 aromatic heterocycles. The summed E-state index contributed by atoms with van der Waals surface area (Å²) in [6, 6.07) is 0. The molecule has 0 unspecified atom stereocenters. The van der Waals surface area contributed by atoms with Crippen LogP contribution in [0.4, 0.5) is 10.2 Å². The molecule has 18 heavy (non-hydrogen) atoms. The number of hydrogen-bond donors (Lipinski definition) is 0. The van der Waals surface area contributed by atoms with Gasteiger partial charge in [0.25, 0.3) is 0 Å². The second-order valence-electron chi connectivity index (χ2n) is 4.33. The van der Waals surface area contributed by atoms with Gasteiger partial charge in [0, 0.05) is 13.1 Å². The van der Waals surface area contributed by atoms with E-state index in [1.54, 1.807) is 4.90 Å². The van der Waals surface area contributed by atoms with Crippen molar-refractivity contribution in [3.05, 3.63) is 17.8 Å². The number of nitrogens with zero attached hydrogens (tertiary/aromatic N) is 3. The molecule has 1 aliphatic heterocycles. The summed E-state index contributed by atoms with van der Waals surface area (Å²) in [5, 5.41) is 0. The zero-order chi connectivity index (χ0) is 13.1. The number of aryl methyl sites for hydroxylation is 1. The van der Waals surface area contributed by atoms with E-state index < -0.39 is 0 Å². The molecule has 0 aliphatic carbocycles. The Morgan fingerprint density at radius 2 is 2.28 bits per heavy atom. The Balaban J connectivity index is 2.07. The molecule has 1 saturated heterocycles. The van der Waals surface area contributed by atoms with Gasteiger partial charge in [-0.2, -0.15) is 0 Å². The van der Waals surface area contributed by atoms with E-state index in [1.165, 1.54) is 13.4 Å². The van der Waals surface area contributed by atoms with Crippen LogP contribution in [-0.4, -0.2) is 36.1 Å². The standard InChI is InChI=1S/C12H16FN3O2/c1-3-4-9-10(13)11(15-7-14-9)16-5-8(6-16)12(17)18-2/h7-8H,3-6H2,1-2H3. The summed E-state index contributed by atoms with van der Waals surface area (Å²) < 4.78 is 18.7. The topological polar surface area (TPSA) is 55.3 Å². The molecule has 1 fully saturated rings. The van der Waals surface area contributed by atoms with Crippen LogP contribution in [0.5, 0.6) is 0 Å². The fourth-order valence-electron chi connectivity index (χ4n) is 1.99. The maximum absolute atomic E-state index is 14.1. The van der Waals surface area contributed by atoms with Crippen LogP contribution in [-0.2, 0) is 16.0 Å². The van der Waals surface area contributed by atoms with Crippen LogP contribution in [0.2, 0.25) is 0 Å². The number of rotatable bonds is 4. The summed E-state index contributed by atoms with van der Waals surface area (Å²) in [5.74, 6) is -0.523. The molecule has 6 heteroatoms. The summed E-state index contributed by atoms with van der Waals surface area (Å²) in [5.41, 5.74) is 0.434. The number of hydrogen-bond acceptors (Lipinski definition) is 5. The number of aromatic nitrogens is 2. The van der Waals surface area contributed by atoms with E-state index in [4.69, 9.17) is 0 Å². The summed E-state index contributed by atoms with van der Waals surface area (Å²) in [6.45, 7) is 2.87. The molecule has 1 aromatic rings. The van der Waals surface area contributed by atoms with E-state index in [0.717, 1.165) is 6.42 Å². The first-order valence-corrected chi connectivity index (χ1v) is 5.99. The fraction of sp³-hybridized carbons (Fsp3) is 0.583. The van der Waals surface area contributed by atoms with Gasteiger partial charge in [-0.25, -0.2) is 14.4 Å². The van der Waals surface area contributed by atoms with E-state index in [0.29, 0.717) is 25.2 Å². The summed E-state index contributed by atoms with van der Waals surface area (Å²) in [7, 11) is 1.36. The molecule has 2 rings (SSSR count). The number of carbonyl (C=O) groups excluding carboxylic acids is 1. The van der Waals surface area contributed by atoms with Crippen LogP contribution < -0.4 is 4.90 Å². The van der Waals surface area contributed by atoms with Crippen LogP contribution >= 0.6 is 0 Å². The molecular weight excluding hydrogens is 237 g/mol. The third-order valence-corrected chi connectivity index (χ3v) is 3.05. The quantitative estimate of drug-likeness (QED) is 0.754. The zero-order valence-electron chi connectivity index (χ0n) is 10.5. The number of ether oxygens (including phenoxy) is 1. The number of anilines is 1. The van der Waals surface area contributed by atoms with Gasteiger partial charge in [0.2, 0.25) is 0 Å². The van der Waals surface area contributed by atoms with Crippen LogP contribution in [0, 0.1) is 11.7 Å². The van der Waals surface area contributed by atoms with Crippen molar-refractivity contribution in [2.75, 3.05) is 25.1 Å². The van der Waals surface area contributed by atoms with Crippen LogP contribution in [0.3, 0.4) is 0 Å². The monoisotopic (exact) mass is 253 g/mol. The van der Waals surface area contributed by atoms with Gasteiger partial charge >= 0.3 is 5.97 Å². The van der Waals surface area contributed by atoms with Gasteiger partial charge < -0.3 is 9.64 Å². The predicted octanol–water partition coefficient (Wildman–Crippen LogP) is 1.18. The number of carbonyl (C=O) groups is 1. The third kappa shape index (κ3) is 2.27. The Kier molecular flexibility index (Phi) is 3.74. The van der Waals surface area contributed by atoms with E-state index in [2.05, 4.69) is 14.7 Å². The van der Waals surface area contributed by atoms with E-state index in [1.807, 2.05) is 6.92 Å². The average molecular weight is 253 g/mol. The lowest BCUT2D eigenvalue weighted by Crippen LogP contribution is -2.51. The maximum atomic E-state index is 14.1. The van der Waals surface area contributed by atoms with Crippen molar-refractivity contribution in [2.24, 2.45) is 5.92 Å². The normalized spacial score (nSPS) is 15.4. The smallest absolute Gasteiger partial charge is 0.312 e. The summed E-state index contributed by atoms with van der Waals surface area (Å²) >= 11 is 0. The number of methoxy groups -OCH3 is 1. The highest BCUT2D eigenvalue weighted by Gasteiger charge is 2.35. The highest BCUT2D eigenvalue weighted by atomic mass is 19.1. The fourth-order valence-corrected chi connectivity index (χ4v) is 1.99. The van der Waals surface area contributed by atoms with Gasteiger partial charge in [0.05, 0.1) is 18.7 Å². The third-order valence-electron chi connectivity index (χ3n) is 3.05. The van der Waals surface area contributed by atoms with E-state index in [-0.39, 0.29) is 23.5 Å². The minimum atomic E-state index is -0.373. The van der Waals surface area contributed by atoms with Crippen LogP contribution in [0.25, 0.3) is 0 Å². The lowest BCUT2D eigenvalue weighted by Gasteiger charge is -2.38. The van der Waals surface area contributed by atoms with Gasteiger partial charge in [-0.1, -0.05) is 13.3 Å². The van der Waals surface area contributed by atoms with Crippen molar-refractivity contribution in [2.45, 2.75) is 19.8 Å². The number of esters is 1. The molecule has 0 spiro atoms. The van der Waals surface area contributed by atoms with E-state index in [9.17, 15) is 9.18 Å². The minimum Gasteiger partial charge on any atom is -0.469 e. The van der Waals surface area contributed by atoms with Crippen molar-refractivity contribution in [3.8, 4) is 0 Å². The Hall–Kier alpha value is -1.72.